The van der Waals surface area contributed by atoms with Crippen molar-refractivity contribution in [1.29, 1.82) is 0 Å². The molecule has 2 saturated heterocycles. The molecule has 0 aromatic rings. The summed E-state index contributed by atoms with van der Waals surface area (Å²) in [6, 6.07) is 0. The van der Waals surface area contributed by atoms with Crippen LogP contribution < -0.4 is 0 Å². The number of hydrogen-bond donors (Lipinski definition) is 0. The molecule has 2 rings (SSSR count). The Balaban J connectivity index is 1.86. The van der Waals surface area contributed by atoms with E-state index in [4.69, 9.17) is 0 Å². The lowest BCUT2D eigenvalue weighted by Crippen LogP contribution is -2.35. The van der Waals surface area contributed by atoms with E-state index in [-0.39, 0.29) is 0 Å². The second kappa shape index (κ2) is 5.37. The first-order valence-electron chi connectivity index (χ1n) is 6.48. The van der Waals surface area contributed by atoms with E-state index in [0.717, 1.165) is 51.1 Å². The summed E-state index contributed by atoms with van der Waals surface area (Å²) in [5.41, 5.74) is 1.13. The first kappa shape index (κ1) is 11.5. The standard InChI is InChI=1S/C13H22N2O/c1-12(14-8-5-6-9-14)11-15-10-4-2-3-7-13(15)16/h1-11H2. The molecule has 2 aliphatic heterocycles. The van der Waals surface area contributed by atoms with Gasteiger partial charge in [-0.3, -0.25) is 4.79 Å². The number of carbonyl (C=O) groups excluding carboxylic acids is 1. The number of likely N-dealkylation sites (tertiary alicyclic amines) is 2. The summed E-state index contributed by atoms with van der Waals surface area (Å²) in [5, 5.41) is 0. The van der Waals surface area contributed by atoms with Crippen LogP contribution in [0.1, 0.15) is 38.5 Å². The van der Waals surface area contributed by atoms with E-state index in [0.29, 0.717) is 5.91 Å². The van der Waals surface area contributed by atoms with E-state index in [2.05, 4.69) is 11.5 Å². The van der Waals surface area contributed by atoms with Gasteiger partial charge in [0, 0.05) is 31.8 Å². The summed E-state index contributed by atoms with van der Waals surface area (Å²) in [4.78, 5) is 16.2. The molecule has 16 heavy (non-hydrogen) atoms. The predicted molar refractivity (Wildman–Crippen MR) is 65.0 cm³/mol. The minimum atomic E-state index is 0.317. The Morgan fingerprint density at radius 1 is 1.06 bits per heavy atom. The number of rotatable bonds is 3. The van der Waals surface area contributed by atoms with Crippen LogP contribution in [0.5, 0.6) is 0 Å². The van der Waals surface area contributed by atoms with Gasteiger partial charge in [-0.2, -0.15) is 0 Å². The lowest BCUT2D eigenvalue weighted by molar-refractivity contribution is -0.130. The van der Waals surface area contributed by atoms with Gasteiger partial charge in [-0.15, -0.1) is 0 Å². The maximum atomic E-state index is 11.8. The van der Waals surface area contributed by atoms with Crippen molar-refractivity contribution in [2.24, 2.45) is 0 Å². The molecule has 0 radical (unpaired) electrons. The summed E-state index contributed by atoms with van der Waals surface area (Å²) in [5.74, 6) is 0.317. The van der Waals surface area contributed by atoms with Crippen LogP contribution in [0.2, 0.25) is 0 Å². The molecule has 0 aliphatic carbocycles. The predicted octanol–water partition coefficient (Wildman–Crippen LogP) is 2.00. The summed E-state index contributed by atoms with van der Waals surface area (Å²) in [6.07, 6.45) is 6.68. The molecule has 2 fully saturated rings. The molecule has 0 unspecified atom stereocenters. The van der Waals surface area contributed by atoms with Gasteiger partial charge in [0.15, 0.2) is 0 Å². The first-order valence-corrected chi connectivity index (χ1v) is 6.48. The lowest BCUT2D eigenvalue weighted by atomic mass is 10.2. The van der Waals surface area contributed by atoms with Crippen LogP contribution >= 0.6 is 0 Å². The Labute approximate surface area is 98.1 Å². The van der Waals surface area contributed by atoms with E-state index >= 15 is 0 Å². The molecule has 1 amide bonds. The Morgan fingerprint density at radius 2 is 1.75 bits per heavy atom. The zero-order valence-electron chi connectivity index (χ0n) is 10.1. The molecule has 0 aromatic heterocycles. The van der Waals surface area contributed by atoms with E-state index in [1.807, 2.05) is 4.90 Å². The van der Waals surface area contributed by atoms with Crippen LogP contribution in [0.4, 0.5) is 0 Å². The zero-order chi connectivity index (χ0) is 11.4. The van der Waals surface area contributed by atoms with E-state index < -0.39 is 0 Å². The Bertz CT molecular complexity index is 269. The molecule has 3 nitrogen and oxygen atoms in total. The van der Waals surface area contributed by atoms with Gasteiger partial charge >= 0.3 is 0 Å². The number of carbonyl (C=O) groups is 1. The van der Waals surface area contributed by atoms with Gasteiger partial charge in [0.1, 0.15) is 0 Å². The molecule has 0 atom stereocenters. The topological polar surface area (TPSA) is 23.6 Å². The maximum absolute atomic E-state index is 11.8. The molecular weight excluding hydrogens is 200 g/mol. The average molecular weight is 222 g/mol. The molecule has 2 aliphatic rings. The largest absolute Gasteiger partial charge is 0.374 e. The fraction of sp³-hybridized carbons (Fsp3) is 0.769. The Morgan fingerprint density at radius 3 is 2.50 bits per heavy atom. The van der Waals surface area contributed by atoms with Crippen LogP contribution in [0.15, 0.2) is 12.3 Å². The molecule has 0 N–H and O–H groups in total. The molecule has 90 valence electrons. The van der Waals surface area contributed by atoms with Crippen molar-refractivity contribution >= 4 is 5.91 Å². The van der Waals surface area contributed by atoms with E-state index in [9.17, 15) is 4.79 Å². The second-order valence-electron chi connectivity index (χ2n) is 4.89. The van der Waals surface area contributed by atoms with Crippen LogP contribution in [0.25, 0.3) is 0 Å². The van der Waals surface area contributed by atoms with Crippen molar-refractivity contribution in [1.82, 2.24) is 9.80 Å². The number of amides is 1. The molecule has 0 saturated carbocycles. The third-order valence-corrected chi connectivity index (χ3v) is 3.60. The quantitative estimate of drug-likeness (QED) is 0.729. The number of nitrogens with zero attached hydrogens (tertiary/aromatic N) is 2. The minimum absolute atomic E-state index is 0.317. The first-order chi connectivity index (χ1) is 7.77. The van der Waals surface area contributed by atoms with E-state index in [1.165, 1.54) is 19.3 Å². The monoisotopic (exact) mass is 222 g/mol. The van der Waals surface area contributed by atoms with E-state index in [1.54, 1.807) is 0 Å². The molecule has 0 bridgehead atoms. The van der Waals surface area contributed by atoms with Gasteiger partial charge in [0.25, 0.3) is 0 Å². The zero-order valence-corrected chi connectivity index (χ0v) is 10.1. The van der Waals surface area contributed by atoms with Gasteiger partial charge in [-0.05, 0) is 25.7 Å². The molecule has 0 spiro atoms. The SMILES string of the molecule is C=C(CN1CCCCCC1=O)N1CCCC1. The van der Waals surface area contributed by atoms with Crippen molar-refractivity contribution in [2.45, 2.75) is 38.5 Å². The Kier molecular flexibility index (Phi) is 3.86. The lowest BCUT2D eigenvalue weighted by Gasteiger charge is -2.27. The maximum Gasteiger partial charge on any atom is 0.222 e. The Hall–Kier alpha value is -0.990. The highest BCUT2D eigenvalue weighted by molar-refractivity contribution is 5.76. The summed E-state index contributed by atoms with van der Waals surface area (Å²) in [7, 11) is 0. The van der Waals surface area contributed by atoms with Gasteiger partial charge in [-0.25, -0.2) is 0 Å². The van der Waals surface area contributed by atoms with Gasteiger partial charge < -0.3 is 9.80 Å². The normalized spacial score (nSPS) is 22.4. The molecule has 2 heterocycles. The number of hydrogen-bond acceptors (Lipinski definition) is 2. The van der Waals surface area contributed by atoms with Crippen molar-refractivity contribution in [3.05, 3.63) is 12.3 Å². The second-order valence-corrected chi connectivity index (χ2v) is 4.89. The fourth-order valence-corrected chi connectivity index (χ4v) is 2.56. The van der Waals surface area contributed by atoms with Crippen LogP contribution in [0.3, 0.4) is 0 Å². The van der Waals surface area contributed by atoms with Crippen molar-refractivity contribution in [2.75, 3.05) is 26.2 Å². The third-order valence-electron chi connectivity index (χ3n) is 3.60. The summed E-state index contributed by atoms with van der Waals surface area (Å²) in [6.45, 7) is 8.05. The molecule has 3 heteroatoms. The van der Waals surface area contributed by atoms with Crippen molar-refractivity contribution < 1.29 is 4.79 Å². The average Bonchev–Trinajstić information content (AvgIpc) is 2.73. The highest BCUT2D eigenvalue weighted by Gasteiger charge is 2.20. The summed E-state index contributed by atoms with van der Waals surface area (Å²) >= 11 is 0. The van der Waals surface area contributed by atoms with Gasteiger partial charge in [0.05, 0.1) is 6.54 Å². The molecule has 0 aromatic carbocycles. The summed E-state index contributed by atoms with van der Waals surface area (Å²) < 4.78 is 0. The smallest absolute Gasteiger partial charge is 0.222 e. The minimum Gasteiger partial charge on any atom is -0.374 e. The van der Waals surface area contributed by atoms with Gasteiger partial charge in [0.2, 0.25) is 5.91 Å². The highest BCUT2D eigenvalue weighted by Crippen LogP contribution is 2.17. The van der Waals surface area contributed by atoms with Crippen LogP contribution in [-0.4, -0.2) is 41.9 Å². The van der Waals surface area contributed by atoms with Crippen LogP contribution in [-0.2, 0) is 4.79 Å². The fourth-order valence-electron chi connectivity index (χ4n) is 2.56. The van der Waals surface area contributed by atoms with Crippen LogP contribution in [0, 0.1) is 0 Å². The van der Waals surface area contributed by atoms with Crippen molar-refractivity contribution in [3.63, 3.8) is 0 Å². The highest BCUT2D eigenvalue weighted by atomic mass is 16.2. The third kappa shape index (κ3) is 2.77. The van der Waals surface area contributed by atoms with Gasteiger partial charge in [-0.1, -0.05) is 13.0 Å². The van der Waals surface area contributed by atoms with Crippen molar-refractivity contribution in [3.8, 4) is 0 Å². The molecular formula is C13H22N2O.